The number of nitrogens with zero attached hydrogens (tertiary/aromatic N) is 5. The number of aromatic nitrogens is 2. The normalized spacial score (nSPS) is 15.3. The van der Waals surface area contributed by atoms with Crippen molar-refractivity contribution in [3.8, 4) is 6.07 Å². The molecule has 1 saturated heterocycles. The zero-order valence-electron chi connectivity index (χ0n) is 14.0. The van der Waals surface area contributed by atoms with Gasteiger partial charge < -0.3 is 4.90 Å². The Bertz CT molecular complexity index is 758. The van der Waals surface area contributed by atoms with Gasteiger partial charge in [0.05, 0.1) is 5.69 Å². The van der Waals surface area contributed by atoms with Crippen LogP contribution in [-0.4, -0.2) is 41.3 Å². The van der Waals surface area contributed by atoms with Gasteiger partial charge in [-0.2, -0.15) is 10.4 Å². The van der Waals surface area contributed by atoms with Crippen molar-refractivity contribution in [1.29, 1.82) is 5.26 Å². The molecule has 0 N–H and O–H groups in total. The highest BCUT2D eigenvalue weighted by Gasteiger charge is 2.22. The lowest BCUT2D eigenvalue weighted by atomic mass is 10.1. The Morgan fingerprint density at radius 1 is 1.08 bits per heavy atom. The maximum Gasteiger partial charge on any atom is 0.169 e. The summed E-state index contributed by atoms with van der Waals surface area (Å²) in [4.78, 5) is 4.61. The van der Waals surface area contributed by atoms with Gasteiger partial charge in [-0.1, -0.05) is 28.1 Å². The fraction of sp³-hybridized carbons (Fsp3) is 0.389. The van der Waals surface area contributed by atoms with Crippen molar-refractivity contribution in [3.05, 3.63) is 51.1 Å². The molecule has 0 saturated carbocycles. The van der Waals surface area contributed by atoms with E-state index in [1.54, 1.807) is 0 Å². The zero-order valence-corrected chi connectivity index (χ0v) is 15.5. The lowest BCUT2D eigenvalue weighted by Gasteiger charge is -2.35. The van der Waals surface area contributed by atoms with Crippen LogP contribution in [0.4, 0.5) is 5.82 Å². The summed E-state index contributed by atoms with van der Waals surface area (Å²) >= 11 is 3.47. The van der Waals surface area contributed by atoms with E-state index in [2.05, 4.69) is 66.3 Å². The third-order valence-electron chi connectivity index (χ3n) is 4.54. The summed E-state index contributed by atoms with van der Waals surface area (Å²) in [5, 5.41) is 17.9. The van der Waals surface area contributed by atoms with Crippen molar-refractivity contribution in [2.75, 3.05) is 31.1 Å². The van der Waals surface area contributed by atoms with E-state index in [0.29, 0.717) is 5.56 Å². The lowest BCUT2D eigenvalue weighted by molar-refractivity contribution is 0.249. The van der Waals surface area contributed by atoms with Gasteiger partial charge in [-0.3, -0.25) is 4.90 Å². The van der Waals surface area contributed by atoms with Crippen LogP contribution in [0.2, 0.25) is 0 Å². The van der Waals surface area contributed by atoms with Crippen LogP contribution in [0, 0.1) is 25.2 Å². The van der Waals surface area contributed by atoms with Gasteiger partial charge in [-0.05, 0) is 37.1 Å². The number of aryl methyl sites for hydroxylation is 1. The van der Waals surface area contributed by atoms with Gasteiger partial charge in [0.1, 0.15) is 11.6 Å². The molecule has 124 valence electrons. The molecule has 2 heterocycles. The van der Waals surface area contributed by atoms with Gasteiger partial charge in [0.15, 0.2) is 5.82 Å². The minimum absolute atomic E-state index is 0.656. The number of rotatable bonds is 3. The Balaban J connectivity index is 1.66. The molecule has 2 aromatic rings. The Hall–Kier alpha value is -1.97. The van der Waals surface area contributed by atoms with Crippen molar-refractivity contribution < 1.29 is 0 Å². The quantitative estimate of drug-likeness (QED) is 0.812. The number of anilines is 1. The molecule has 5 nitrogen and oxygen atoms in total. The summed E-state index contributed by atoms with van der Waals surface area (Å²) in [5.74, 6) is 0.726. The second-order valence-corrected chi connectivity index (χ2v) is 7.03. The molecule has 0 radical (unpaired) electrons. The van der Waals surface area contributed by atoms with Crippen LogP contribution >= 0.6 is 15.9 Å². The maximum atomic E-state index is 9.46. The summed E-state index contributed by atoms with van der Waals surface area (Å²) in [7, 11) is 0. The molecule has 24 heavy (non-hydrogen) atoms. The van der Waals surface area contributed by atoms with Crippen LogP contribution in [0.3, 0.4) is 0 Å². The number of hydrogen-bond donors (Lipinski definition) is 0. The molecule has 1 aromatic carbocycles. The summed E-state index contributed by atoms with van der Waals surface area (Å²) in [5.41, 5.74) is 3.73. The molecule has 1 aliphatic heterocycles. The number of hydrogen-bond acceptors (Lipinski definition) is 5. The molecule has 0 unspecified atom stereocenters. The SMILES string of the molecule is Cc1nnc(N2CCN(Cc3ccc(Br)cc3)CC2)c(C#N)c1C. The third-order valence-corrected chi connectivity index (χ3v) is 5.07. The van der Waals surface area contributed by atoms with E-state index < -0.39 is 0 Å². The van der Waals surface area contributed by atoms with Gasteiger partial charge in [0.25, 0.3) is 0 Å². The smallest absolute Gasteiger partial charge is 0.169 e. The molecular formula is C18H20BrN5. The second kappa shape index (κ2) is 7.29. The van der Waals surface area contributed by atoms with Crippen molar-refractivity contribution in [2.24, 2.45) is 0 Å². The molecule has 3 rings (SSSR count). The minimum atomic E-state index is 0.656. The standard InChI is InChI=1S/C18H20BrN5/c1-13-14(2)21-22-18(17(13)11-20)24-9-7-23(8-10-24)12-15-3-5-16(19)6-4-15/h3-6H,7-10,12H2,1-2H3. The van der Waals surface area contributed by atoms with Gasteiger partial charge in [0.2, 0.25) is 0 Å². The van der Waals surface area contributed by atoms with Crippen LogP contribution in [0.5, 0.6) is 0 Å². The van der Waals surface area contributed by atoms with Gasteiger partial charge in [-0.25, -0.2) is 0 Å². The molecule has 0 aliphatic carbocycles. The van der Waals surface area contributed by atoms with E-state index in [1.807, 2.05) is 13.8 Å². The zero-order chi connectivity index (χ0) is 17.1. The average Bonchev–Trinajstić information content (AvgIpc) is 2.60. The summed E-state index contributed by atoms with van der Waals surface area (Å²) in [6.07, 6.45) is 0. The second-order valence-electron chi connectivity index (χ2n) is 6.11. The molecule has 6 heteroatoms. The largest absolute Gasteiger partial charge is 0.351 e. The highest BCUT2D eigenvalue weighted by Crippen LogP contribution is 2.23. The van der Waals surface area contributed by atoms with Crippen molar-refractivity contribution in [3.63, 3.8) is 0 Å². The van der Waals surface area contributed by atoms with Crippen molar-refractivity contribution >= 4 is 21.7 Å². The van der Waals surface area contributed by atoms with Gasteiger partial charge >= 0.3 is 0 Å². The first-order valence-corrected chi connectivity index (χ1v) is 8.83. The highest BCUT2D eigenvalue weighted by molar-refractivity contribution is 9.10. The van der Waals surface area contributed by atoms with Crippen LogP contribution < -0.4 is 4.90 Å². The average molecular weight is 386 g/mol. The number of benzene rings is 1. The van der Waals surface area contributed by atoms with Crippen molar-refractivity contribution in [1.82, 2.24) is 15.1 Å². The summed E-state index contributed by atoms with van der Waals surface area (Å²) in [6, 6.07) is 10.8. The first-order valence-electron chi connectivity index (χ1n) is 8.04. The maximum absolute atomic E-state index is 9.46. The summed E-state index contributed by atoms with van der Waals surface area (Å²) < 4.78 is 1.11. The van der Waals surface area contributed by atoms with Crippen LogP contribution in [0.15, 0.2) is 28.7 Å². The van der Waals surface area contributed by atoms with Crippen LogP contribution in [0.1, 0.15) is 22.4 Å². The number of piperazine rings is 1. The predicted octanol–water partition coefficient (Wildman–Crippen LogP) is 3.05. The number of halogens is 1. The van der Waals surface area contributed by atoms with E-state index in [0.717, 1.165) is 54.3 Å². The van der Waals surface area contributed by atoms with Crippen molar-refractivity contribution in [2.45, 2.75) is 20.4 Å². The Morgan fingerprint density at radius 2 is 1.75 bits per heavy atom. The van der Waals surface area contributed by atoms with Gasteiger partial charge in [-0.15, -0.1) is 5.10 Å². The minimum Gasteiger partial charge on any atom is -0.351 e. The van der Waals surface area contributed by atoms with Gasteiger partial charge in [0, 0.05) is 37.2 Å². The fourth-order valence-electron chi connectivity index (χ4n) is 2.92. The molecule has 1 aliphatic rings. The Morgan fingerprint density at radius 3 is 2.38 bits per heavy atom. The molecule has 0 amide bonds. The first-order chi connectivity index (χ1) is 11.6. The fourth-order valence-corrected chi connectivity index (χ4v) is 3.18. The predicted molar refractivity (Wildman–Crippen MR) is 97.9 cm³/mol. The van der Waals surface area contributed by atoms with E-state index in [-0.39, 0.29) is 0 Å². The Kier molecular flexibility index (Phi) is 5.12. The van der Waals surface area contributed by atoms with E-state index in [4.69, 9.17) is 0 Å². The monoisotopic (exact) mass is 385 g/mol. The summed E-state index contributed by atoms with van der Waals surface area (Å²) in [6.45, 7) is 8.42. The van der Waals surface area contributed by atoms with Crippen LogP contribution in [0.25, 0.3) is 0 Å². The first kappa shape index (κ1) is 16.9. The number of nitriles is 1. The Labute approximate surface area is 151 Å². The molecule has 0 bridgehead atoms. The molecular weight excluding hydrogens is 366 g/mol. The molecule has 0 atom stereocenters. The topological polar surface area (TPSA) is 56.1 Å². The molecule has 1 fully saturated rings. The van der Waals surface area contributed by atoms with E-state index >= 15 is 0 Å². The van der Waals surface area contributed by atoms with E-state index in [9.17, 15) is 5.26 Å². The van der Waals surface area contributed by atoms with Crippen LogP contribution in [-0.2, 0) is 6.54 Å². The molecule has 1 aromatic heterocycles. The lowest BCUT2D eigenvalue weighted by Crippen LogP contribution is -2.46. The highest BCUT2D eigenvalue weighted by atomic mass is 79.9. The third kappa shape index (κ3) is 3.58. The molecule has 0 spiro atoms. The van der Waals surface area contributed by atoms with E-state index in [1.165, 1.54) is 5.56 Å².